The van der Waals surface area contributed by atoms with Gasteiger partial charge in [0.15, 0.2) is 0 Å². The van der Waals surface area contributed by atoms with Gasteiger partial charge in [0.1, 0.15) is 11.0 Å². The Kier molecular flexibility index (Phi) is 3.03. The second-order valence-corrected chi connectivity index (χ2v) is 4.69. The highest BCUT2D eigenvalue weighted by Gasteiger charge is 2.12. The summed E-state index contributed by atoms with van der Waals surface area (Å²) in [7, 11) is 0. The summed E-state index contributed by atoms with van der Waals surface area (Å²) in [6.07, 6.45) is 0. The quantitative estimate of drug-likeness (QED) is 0.821. The first-order valence-electron chi connectivity index (χ1n) is 5.43. The number of nitriles is 1. The Morgan fingerprint density at radius 2 is 2.06 bits per heavy atom. The third kappa shape index (κ3) is 2.11. The lowest BCUT2D eigenvalue weighted by atomic mass is 10.1. The summed E-state index contributed by atoms with van der Waals surface area (Å²) in [6, 6.07) is 4.07. The van der Waals surface area contributed by atoms with Crippen LogP contribution in [0.3, 0.4) is 0 Å². The number of hydrogen-bond acceptors (Lipinski definition) is 3. The minimum absolute atomic E-state index is 0.104. The molecule has 0 saturated heterocycles. The van der Waals surface area contributed by atoms with Crippen LogP contribution in [0.1, 0.15) is 18.1 Å². The molecule has 88 valence electrons. The van der Waals surface area contributed by atoms with E-state index in [1.165, 1.54) is 0 Å². The molecule has 2 rings (SSSR count). The standard InChI is InChI=1S/C12H13ClN4/c1-7(5-14)6-17-15-11-8(2)4-10(13)9(3)12(11)16-17/h4,7H,6H2,1-3H3. The van der Waals surface area contributed by atoms with Crippen LogP contribution in [-0.4, -0.2) is 15.0 Å². The van der Waals surface area contributed by atoms with E-state index >= 15 is 0 Å². The Morgan fingerprint density at radius 1 is 1.41 bits per heavy atom. The maximum atomic E-state index is 8.78. The lowest BCUT2D eigenvalue weighted by Gasteiger charge is -1.99. The van der Waals surface area contributed by atoms with Gasteiger partial charge in [0, 0.05) is 5.02 Å². The van der Waals surface area contributed by atoms with Crippen molar-refractivity contribution < 1.29 is 0 Å². The van der Waals surface area contributed by atoms with E-state index in [1.807, 2.05) is 26.8 Å². The second kappa shape index (κ2) is 4.34. The molecular weight excluding hydrogens is 236 g/mol. The third-order valence-corrected chi connectivity index (χ3v) is 3.14. The van der Waals surface area contributed by atoms with Crippen LogP contribution in [0.2, 0.25) is 5.02 Å². The van der Waals surface area contributed by atoms with Gasteiger partial charge in [-0.15, -0.1) is 0 Å². The van der Waals surface area contributed by atoms with Gasteiger partial charge in [-0.2, -0.15) is 20.3 Å². The molecule has 1 unspecified atom stereocenters. The highest BCUT2D eigenvalue weighted by atomic mass is 35.5. The molecule has 2 aromatic rings. The van der Waals surface area contributed by atoms with Crippen molar-refractivity contribution >= 4 is 22.6 Å². The van der Waals surface area contributed by atoms with Gasteiger partial charge in [0.05, 0.1) is 18.5 Å². The summed E-state index contributed by atoms with van der Waals surface area (Å²) >= 11 is 6.11. The summed E-state index contributed by atoms with van der Waals surface area (Å²) in [5.74, 6) is -0.104. The third-order valence-electron chi connectivity index (χ3n) is 2.74. The van der Waals surface area contributed by atoms with Crippen molar-refractivity contribution in [2.75, 3.05) is 0 Å². The van der Waals surface area contributed by atoms with Crippen molar-refractivity contribution in [3.63, 3.8) is 0 Å². The number of benzene rings is 1. The first kappa shape index (κ1) is 11.9. The predicted molar refractivity (Wildman–Crippen MR) is 66.8 cm³/mol. The van der Waals surface area contributed by atoms with Crippen molar-refractivity contribution in [1.82, 2.24) is 15.0 Å². The van der Waals surface area contributed by atoms with E-state index in [4.69, 9.17) is 16.9 Å². The highest BCUT2D eigenvalue weighted by Crippen LogP contribution is 2.25. The number of nitrogens with zero attached hydrogens (tertiary/aromatic N) is 4. The minimum Gasteiger partial charge on any atom is -0.198 e. The van der Waals surface area contributed by atoms with Crippen molar-refractivity contribution in [2.45, 2.75) is 27.3 Å². The maximum Gasteiger partial charge on any atom is 0.117 e. The Labute approximate surface area is 105 Å². The van der Waals surface area contributed by atoms with Crippen LogP contribution in [0.15, 0.2) is 6.07 Å². The van der Waals surface area contributed by atoms with E-state index in [0.717, 1.165) is 22.2 Å². The zero-order chi connectivity index (χ0) is 12.6. The monoisotopic (exact) mass is 248 g/mol. The molecule has 0 amide bonds. The van der Waals surface area contributed by atoms with Gasteiger partial charge in [-0.3, -0.25) is 0 Å². The lowest BCUT2D eigenvalue weighted by Crippen LogP contribution is -2.08. The van der Waals surface area contributed by atoms with E-state index in [2.05, 4.69) is 16.3 Å². The Bertz CT molecular complexity index is 609. The summed E-state index contributed by atoms with van der Waals surface area (Å²) in [6.45, 7) is 6.24. The van der Waals surface area contributed by atoms with E-state index in [0.29, 0.717) is 11.6 Å². The van der Waals surface area contributed by atoms with Gasteiger partial charge >= 0.3 is 0 Å². The SMILES string of the molecule is Cc1cc(Cl)c(C)c2nn(CC(C)C#N)nc12. The van der Waals surface area contributed by atoms with Crippen LogP contribution < -0.4 is 0 Å². The molecule has 0 saturated carbocycles. The molecule has 4 nitrogen and oxygen atoms in total. The average molecular weight is 249 g/mol. The molecule has 1 atom stereocenters. The summed E-state index contributed by atoms with van der Waals surface area (Å²) in [4.78, 5) is 1.58. The minimum atomic E-state index is -0.104. The van der Waals surface area contributed by atoms with Crippen molar-refractivity contribution in [3.05, 3.63) is 22.2 Å². The molecule has 0 radical (unpaired) electrons. The average Bonchev–Trinajstić information content (AvgIpc) is 2.70. The predicted octanol–water partition coefficient (Wildman–Crippen LogP) is 2.86. The lowest BCUT2D eigenvalue weighted by molar-refractivity contribution is 0.478. The molecule has 0 bridgehead atoms. The molecule has 0 N–H and O–H groups in total. The Balaban J connectivity index is 2.54. The molecule has 1 aromatic heterocycles. The summed E-state index contributed by atoms with van der Waals surface area (Å²) in [5, 5.41) is 18.3. The number of fused-ring (bicyclic) bond motifs is 1. The molecule has 1 heterocycles. The molecule has 5 heteroatoms. The van der Waals surface area contributed by atoms with Crippen LogP contribution >= 0.6 is 11.6 Å². The van der Waals surface area contributed by atoms with Gasteiger partial charge < -0.3 is 0 Å². The van der Waals surface area contributed by atoms with Gasteiger partial charge in [-0.05, 0) is 38.0 Å². The molecule has 0 fully saturated rings. The molecule has 1 aromatic carbocycles. The number of rotatable bonds is 2. The fraction of sp³-hybridized carbons (Fsp3) is 0.417. The van der Waals surface area contributed by atoms with E-state index in [-0.39, 0.29) is 5.92 Å². The first-order valence-corrected chi connectivity index (χ1v) is 5.81. The van der Waals surface area contributed by atoms with E-state index in [1.54, 1.807) is 4.80 Å². The number of aromatic nitrogens is 3. The van der Waals surface area contributed by atoms with Crippen LogP contribution in [0.5, 0.6) is 0 Å². The molecular formula is C12H13ClN4. The van der Waals surface area contributed by atoms with E-state index in [9.17, 15) is 0 Å². The topological polar surface area (TPSA) is 54.5 Å². The Morgan fingerprint density at radius 3 is 2.71 bits per heavy atom. The van der Waals surface area contributed by atoms with Crippen molar-refractivity contribution in [3.8, 4) is 6.07 Å². The number of aryl methyl sites for hydroxylation is 2. The largest absolute Gasteiger partial charge is 0.198 e. The van der Waals surface area contributed by atoms with Crippen LogP contribution in [0.4, 0.5) is 0 Å². The second-order valence-electron chi connectivity index (χ2n) is 4.28. The highest BCUT2D eigenvalue weighted by molar-refractivity contribution is 6.32. The zero-order valence-corrected chi connectivity index (χ0v) is 10.8. The number of hydrogen-bond donors (Lipinski definition) is 0. The maximum absolute atomic E-state index is 8.78. The van der Waals surface area contributed by atoms with Gasteiger partial charge in [0.25, 0.3) is 0 Å². The van der Waals surface area contributed by atoms with Gasteiger partial charge in [-0.25, -0.2) is 0 Å². The van der Waals surface area contributed by atoms with Crippen LogP contribution in [0, 0.1) is 31.1 Å². The zero-order valence-electron chi connectivity index (χ0n) is 10.0. The smallest absolute Gasteiger partial charge is 0.117 e. The summed E-state index contributed by atoms with van der Waals surface area (Å²) < 4.78 is 0. The molecule has 17 heavy (non-hydrogen) atoms. The number of halogens is 1. The fourth-order valence-electron chi connectivity index (χ4n) is 1.71. The fourth-order valence-corrected chi connectivity index (χ4v) is 1.97. The van der Waals surface area contributed by atoms with Crippen molar-refractivity contribution in [2.24, 2.45) is 5.92 Å². The summed E-state index contributed by atoms with van der Waals surface area (Å²) in [5.41, 5.74) is 3.62. The first-order chi connectivity index (χ1) is 8.02. The van der Waals surface area contributed by atoms with Crippen LogP contribution in [-0.2, 0) is 6.54 Å². The molecule has 0 aliphatic heterocycles. The van der Waals surface area contributed by atoms with Gasteiger partial charge in [0.2, 0.25) is 0 Å². The van der Waals surface area contributed by atoms with Crippen LogP contribution in [0.25, 0.3) is 11.0 Å². The van der Waals surface area contributed by atoms with Gasteiger partial charge in [-0.1, -0.05) is 11.6 Å². The molecule has 0 aliphatic rings. The Hall–Kier alpha value is -1.60. The normalized spacial score (nSPS) is 12.6. The van der Waals surface area contributed by atoms with E-state index < -0.39 is 0 Å². The molecule has 0 spiro atoms. The molecule has 0 aliphatic carbocycles. The van der Waals surface area contributed by atoms with Crippen molar-refractivity contribution in [1.29, 1.82) is 5.26 Å².